The summed E-state index contributed by atoms with van der Waals surface area (Å²) >= 11 is 1.04. The SMILES string of the molecule is CNc1nnc(C(=O)NCCCC(F)(F)F)s1. The van der Waals surface area contributed by atoms with E-state index in [0.29, 0.717) is 5.13 Å². The molecule has 0 atom stereocenters. The zero-order valence-electron chi connectivity index (χ0n) is 8.97. The minimum absolute atomic E-state index is 0.0349. The Morgan fingerprint density at radius 2 is 2.12 bits per heavy atom. The van der Waals surface area contributed by atoms with Crippen LogP contribution in [0.15, 0.2) is 0 Å². The molecule has 1 rings (SSSR count). The first-order valence-corrected chi connectivity index (χ1v) is 5.60. The Bertz CT molecular complexity index is 379. The number of nitrogens with zero attached hydrogens (tertiary/aromatic N) is 2. The molecule has 1 aromatic heterocycles. The summed E-state index contributed by atoms with van der Waals surface area (Å²) in [6.07, 6.45) is -5.25. The van der Waals surface area contributed by atoms with Crippen LogP contribution in [0.2, 0.25) is 0 Å². The van der Waals surface area contributed by atoms with Gasteiger partial charge in [0, 0.05) is 20.0 Å². The molecule has 0 fully saturated rings. The van der Waals surface area contributed by atoms with Crippen LogP contribution in [0.3, 0.4) is 0 Å². The van der Waals surface area contributed by atoms with E-state index >= 15 is 0 Å². The first kappa shape index (κ1) is 13.7. The maximum Gasteiger partial charge on any atom is 0.389 e. The molecule has 0 saturated carbocycles. The van der Waals surface area contributed by atoms with Crippen molar-refractivity contribution in [2.45, 2.75) is 19.0 Å². The molecule has 96 valence electrons. The molecule has 0 saturated heterocycles. The van der Waals surface area contributed by atoms with Gasteiger partial charge in [0.05, 0.1) is 0 Å². The predicted molar refractivity (Wildman–Crippen MR) is 57.1 cm³/mol. The smallest absolute Gasteiger partial charge is 0.363 e. The molecule has 1 aromatic rings. The minimum Gasteiger partial charge on any atom is -0.363 e. The van der Waals surface area contributed by atoms with Crippen LogP contribution in [0.5, 0.6) is 0 Å². The second-order valence-corrected chi connectivity index (χ2v) is 4.11. The molecular formula is C8H11F3N4OS. The van der Waals surface area contributed by atoms with Crippen molar-refractivity contribution in [2.24, 2.45) is 0 Å². The molecule has 0 spiro atoms. The number of nitrogens with one attached hydrogen (secondary N) is 2. The third kappa shape index (κ3) is 4.98. The Hall–Kier alpha value is -1.38. The first-order valence-electron chi connectivity index (χ1n) is 4.78. The van der Waals surface area contributed by atoms with E-state index < -0.39 is 18.5 Å². The lowest BCUT2D eigenvalue weighted by atomic mass is 10.3. The van der Waals surface area contributed by atoms with Crippen LogP contribution in [0.1, 0.15) is 22.6 Å². The first-order chi connectivity index (χ1) is 7.92. The van der Waals surface area contributed by atoms with E-state index in [9.17, 15) is 18.0 Å². The summed E-state index contributed by atoms with van der Waals surface area (Å²) < 4.78 is 35.4. The summed E-state index contributed by atoms with van der Waals surface area (Å²) in [5.41, 5.74) is 0. The largest absolute Gasteiger partial charge is 0.389 e. The van der Waals surface area contributed by atoms with Crippen molar-refractivity contribution in [2.75, 3.05) is 18.9 Å². The van der Waals surface area contributed by atoms with Crippen LogP contribution in [0.25, 0.3) is 0 Å². The summed E-state index contributed by atoms with van der Waals surface area (Å²) in [7, 11) is 1.63. The Morgan fingerprint density at radius 3 is 2.65 bits per heavy atom. The second kappa shape index (κ2) is 5.80. The Labute approximate surface area is 99.4 Å². The highest BCUT2D eigenvalue weighted by Gasteiger charge is 2.26. The number of rotatable bonds is 5. The Kier molecular flexibility index (Phi) is 4.67. The van der Waals surface area contributed by atoms with E-state index in [1.807, 2.05) is 0 Å². The van der Waals surface area contributed by atoms with Crippen molar-refractivity contribution in [3.8, 4) is 0 Å². The summed E-state index contributed by atoms with van der Waals surface area (Å²) in [5, 5.41) is 12.9. The average Bonchev–Trinajstić information content (AvgIpc) is 2.71. The molecule has 0 unspecified atom stereocenters. The van der Waals surface area contributed by atoms with Crippen molar-refractivity contribution < 1.29 is 18.0 Å². The number of anilines is 1. The molecule has 1 amide bonds. The zero-order valence-corrected chi connectivity index (χ0v) is 9.78. The van der Waals surface area contributed by atoms with Crippen LogP contribution in [-0.2, 0) is 0 Å². The molecule has 0 aliphatic carbocycles. The van der Waals surface area contributed by atoms with Gasteiger partial charge in [-0.25, -0.2) is 0 Å². The summed E-state index contributed by atoms with van der Waals surface area (Å²) in [4.78, 5) is 11.4. The van der Waals surface area contributed by atoms with E-state index in [1.165, 1.54) is 0 Å². The number of hydrogen-bond donors (Lipinski definition) is 2. The van der Waals surface area contributed by atoms with Crippen molar-refractivity contribution >= 4 is 22.4 Å². The van der Waals surface area contributed by atoms with Gasteiger partial charge in [0.1, 0.15) is 0 Å². The third-order valence-electron chi connectivity index (χ3n) is 1.76. The van der Waals surface area contributed by atoms with E-state index in [0.717, 1.165) is 11.3 Å². The van der Waals surface area contributed by atoms with E-state index in [1.54, 1.807) is 7.05 Å². The van der Waals surface area contributed by atoms with Gasteiger partial charge in [-0.3, -0.25) is 4.79 Å². The summed E-state index contributed by atoms with van der Waals surface area (Å²) in [5.74, 6) is -0.508. The van der Waals surface area contributed by atoms with Gasteiger partial charge in [0.25, 0.3) is 5.91 Å². The fourth-order valence-corrected chi connectivity index (χ4v) is 1.60. The summed E-state index contributed by atoms with van der Waals surface area (Å²) in [6.45, 7) is -0.0349. The van der Waals surface area contributed by atoms with E-state index in [4.69, 9.17) is 0 Å². The third-order valence-corrected chi connectivity index (χ3v) is 2.70. The van der Waals surface area contributed by atoms with Gasteiger partial charge in [-0.1, -0.05) is 11.3 Å². The van der Waals surface area contributed by atoms with Gasteiger partial charge in [0.2, 0.25) is 10.1 Å². The zero-order chi connectivity index (χ0) is 12.9. The number of halogens is 3. The van der Waals surface area contributed by atoms with Crippen LogP contribution < -0.4 is 10.6 Å². The Balaban J connectivity index is 2.30. The lowest BCUT2D eigenvalue weighted by Crippen LogP contribution is -2.25. The van der Waals surface area contributed by atoms with Crippen LogP contribution >= 0.6 is 11.3 Å². The lowest BCUT2D eigenvalue weighted by Gasteiger charge is -2.05. The van der Waals surface area contributed by atoms with Crippen LogP contribution in [0, 0.1) is 0 Å². The molecule has 0 aliphatic rings. The number of carbonyl (C=O) groups is 1. The molecule has 0 aliphatic heterocycles. The predicted octanol–water partition coefficient (Wildman–Crippen LogP) is 1.65. The van der Waals surface area contributed by atoms with Crippen molar-refractivity contribution in [3.05, 3.63) is 5.01 Å². The van der Waals surface area contributed by atoms with Gasteiger partial charge in [-0.05, 0) is 6.42 Å². The number of amides is 1. The summed E-state index contributed by atoms with van der Waals surface area (Å²) in [6, 6.07) is 0. The second-order valence-electron chi connectivity index (χ2n) is 3.14. The van der Waals surface area contributed by atoms with Gasteiger partial charge >= 0.3 is 6.18 Å². The number of alkyl halides is 3. The van der Waals surface area contributed by atoms with Crippen LogP contribution in [-0.4, -0.2) is 35.9 Å². The molecule has 0 radical (unpaired) electrons. The van der Waals surface area contributed by atoms with Gasteiger partial charge in [-0.15, -0.1) is 10.2 Å². The molecule has 17 heavy (non-hydrogen) atoms. The van der Waals surface area contributed by atoms with Gasteiger partial charge < -0.3 is 10.6 Å². The highest BCUT2D eigenvalue weighted by atomic mass is 32.1. The van der Waals surface area contributed by atoms with Gasteiger partial charge in [0.15, 0.2) is 0 Å². The minimum atomic E-state index is -4.19. The topological polar surface area (TPSA) is 66.9 Å². The highest BCUT2D eigenvalue weighted by Crippen LogP contribution is 2.20. The lowest BCUT2D eigenvalue weighted by molar-refractivity contribution is -0.135. The molecule has 5 nitrogen and oxygen atoms in total. The molecule has 2 N–H and O–H groups in total. The Morgan fingerprint density at radius 1 is 1.41 bits per heavy atom. The van der Waals surface area contributed by atoms with E-state index in [-0.39, 0.29) is 18.0 Å². The molecule has 1 heterocycles. The van der Waals surface area contributed by atoms with Crippen LogP contribution in [0.4, 0.5) is 18.3 Å². The normalized spacial score (nSPS) is 11.3. The standard InChI is InChI=1S/C8H11F3N4OS/c1-12-7-15-14-6(17-7)5(16)13-4-2-3-8(9,10)11/h2-4H2,1H3,(H,12,15)(H,13,16). The van der Waals surface area contributed by atoms with E-state index in [2.05, 4.69) is 20.8 Å². The fourth-order valence-electron chi connectivity index (χ4n) is 0.982. The monoisotopic (exact) mass is 268 g/mol. The average molecular weight is 268 g/mol. The maximum absolute atomic E-state index is 11.8. The van der Waals surface area contributed by atoms with Crippen molar-refractivity contribution in [3.63, 3.8) is 0 Å². The molecular weight excluding hydrogens is 257 g/mol. The quantitative estimate of drug-likeness (QED) is 0.797. The van der Waals surface area contributed by atoms with Crippen molar-refractivity contribution in [1.82, 2.24) is 15.5 Å². The molecule has 9 heteroatoms. The molecule has 0 bridgehead atoms. The number of carbonyl (C=O) groups excluding carboxylic acids is 1. The fraction of sp³-hybridized carbons (Fsp3) is 0.625. The maximum atomic E-state index is 11.8. The van der Waals surface area contributed by atoms with Crippen molar-refractivity contribution in [1.29, 1.82) is 0 Å². The van der Waals surface area contributed by atoms with Gasteiger partial charge in [-0.2, -0.15) is 13.2 Å². The highest BCUT2D eigenvalue weighted by molar-refractivity contribution is 7.17. The number of hydrogen-bond acceptors (Lipinski definition) is 5. The molecule has 0 aromatic carbocycles. The number of aromatic nitrogens is 2.